The molecule has 0 aromatic heterocycles. The van der Waals surface area contributed by atoms with Crippen molar-refractivity contribution >= 4 is 17.5 Å². The Hall–Kier alpha value is -2.66. The van der Waals surface area contributed by atoms with Gasteiger partial charge in [0.2, 0.25) is 11.8 Å². The highest BCUT2D eigenvalue weighted by molar-refractivity contribution is 5.79. The van der Waals surface area contributed by atoms with E-state index >= 15 is 0 Å². The van der Waals surface area contributed by atoms with Crippen molar-refractivity contribution in [2.75, 3.05) is 104 Å². The van der Waals surface area contributed by atoms with E-state index < -0.39 is 0 Å². The molecule has 0 radical (unpaired) electrons. The van der Waals surface area contributed by atoms with Crippen LogP contribution in [0.2, 0.25) is 0 Å². The van der Waals surface area contributed by atoms with Gasteiger partial charge in [-0.3, -0.25) is 14.5 Å². The first-order chi connectivity index (χ1) is 19.6. The van der Waals surface area contributed by atoms with Crippen LogP contribution in [-0.2, 0) is 20.9 Å². The number of hydrogen-bond acceptors (Lipinski definition) is 8. The normalized spacial score (nSPS) is 25.7. The maximum absolute atomic E-state index is 13.3. The molecule has 1 aromatic carbocycles. The summed E-state index contributed by atoms with van der Waals surface area (Å²) in [6, 6.07) is 6.39. The van der Waals surface area contributed by atoms with Gasteiger partial charge in [-0.2, -0.15) is 0 Å². The molecule has 4 aliphatic heterocycles. The molecule has 5 rings (SSSR count). The van der Waals surface area contributed by atoms with Crippen molar-refractivity contribution in [2.24, 2.45) is 11.8 Å². The number of carbonyl (C=O) groups excluding carboxylic acids is 2. The summed E-state index contributed by atoms with van der Waals surface area (Å²) in [6.07, 6.45) is 5.63. The van der Waals surface area contributed by atoms with Crippen LogP contribution in [0.15, 0.2) is 30.4 Å². The predicted molar refractivity (Wildman–Crippen MR) is 156 cm³/mol. The maximum Gasteiger partial charge on any atom is 0.236 e. The van der Waals surface area contributed by atoms with Crippen molar-refractivity contribution in [3.63, 3.8) is 0 Å². The SMILES string of the molecule is COCCN1CCN(C(=O)C[C@@H]2CCN3C[C@@H]2/C=C/COc2ccc(N4CCNCC4)cc2CNCC3=O)CC1. The minimum absolute atomic E-state index is 0.121. The summed E-state index contributed by atoms with van der Waals surface area (Å²) in [5.41, 5.74) is 2.26. The Labute approximate surface area is 238 Å². The fourth-order valence-electron chi connectivity index (χ4n) is 6.27. The van der Waals surface area contributed by atoms with Gasteiger partial charge < -0.3 is 34.8 Å². The van der Waals surface area contributed by atoms with Gasteiger partial charge >= 0.3 is 0 Å². The first-order valence-corrected chi connectivity index (χ1v) is 15.0. The van der Waals surface area contributed by atoms with Crippen molar-refractivity contribution in [3.05, 3.63) is 35.9 Å². The summed E-state index contributed by atoms with van der Waals surface area (Å²) in [4.78, 5) is 35.1. The van der Waals surface area contributed by atoms with E-state index in [1.807, 2.05) is 9.80 Å². The van der Waals surface area contributed by atoms with E-state index in [-0.39, 0.29) is 23.7 Å². The molecule has 0 aliphatic carbocycles. The smallest absolute Gasteiger partial charge is 0.236 e. The highest BCUT2D eigenvalue weighted by atomic mass is 16.5. The topological polar surface area (TPSA) is 89.6 Å². The summed E-state index contributed by atoms with van der Waals surface area (Å²) >= 11 is 0. The number of carbonyl (C=O) groups is 2. The standard InChI is InChI=1S/C30H46N6O4/c1-39-18-16-33-12-14-35(15-13-33)29(37)20-24-6-9-36-23-25(24)3-2-17-40-28-5-4-27(34-10-7-31-8-11-34)19-26(28)21-32-22-30(36)38/h2-5,19,24-25,31-32H,6-18,20-23H2,1H3/b3-2+/t24-,25-/m0/s1. The molecule has 3 saturated heterocycles. The molecule has 2 amide bonds. The Morgan fingerprint density at radius 1 is 1.02 bits per heavy atom. The number of ether oxygens (including phenoxy) is 2. The molecule has 4 aliphatic rings. The van der Waals surface area contributed by atoms with Crippen LogP contribution >= 0.6 is 0 Å². The highest BCUT2D eigenvalue weighted by Crippen LogP contribution is 2.30. The number of methoxy groups -OCH3 is 1. The van der Waals surface area contributed by atoms with Crippen LogP contribution in [-0.4, -0.2) is 125 Å². The molecule has 220 valence electrons. The van der Waals surface area contributed by atoms with Crippen molar-refractivity contribution in [1.82, 2.24) is 25.3 Å². The van der Waals surface area contributed by atoms with E-state index in [2.05, 4.69) is 50.8 Å². The molecule has 0 saturated carbocycles. The van der Waals surface area contributed by atoms with Crippen LogP contribution in [0.1, 0.15) is 18.4 Å². The molecule has 3 fully saturated rings. The van der Waals surface area contributed by atoms with Gasteiger partial charge in [0.25, 0.3) is 0 Å². The van der Waals surface area contributed by atoms with Gasteiger partial charge in [-0.05, 0) is 36.5 Å². The lowest BCUT2D eigenvalue weighted by molar-refractivity contribution is -0.136. The molecule has 40 heavy (non-hydrogen) atoms. The zero-order chi connectivity index (χ0) is 27.7. The lowest BCUT2D eigenvalue weighted by atomic mass is 9.82. The predicted octanol–water partition coefficient (Wildman–Crippen LogP) is 0.780. The average molecular weight is 555 g/mol. The molecule has 4 heterocycles. The lowest BCUT2D eigenvalue weighted by Crippen LogP contribution is -2.51. The lowest BCUT2D eigenvalue weighted by Gasteiger charge is -2.39. The van der Waals surface area contributed by atoms with Gasteiger partial charge in [0.05, 0.1) is 13.2 Å². The third-order valence-electron chi connectivity index (χ3n) is 8.77. The Bertz CT molecular complexity index is 1020. The van der Waals surface area contributed by atoms with Crippen LogP contribution in [0.25, 0.3) is 0 Å². The third-order valence-corrected chi connectivity index (χ3v) is 8.77. The van der Waals surface area contributed by atoms with Crippen molar-refractivity contribution in [2.45, 2.75) is 19.4 Å². The van der Waals surface area contributed by atoms with Crippen LogP contribution in [0.5, 0.6) is 5.75 Å². The molecule has 2 N–H and O–H groups in total. The maximum atomic E-state index is 13.3. The van der Waals surface area contributed by atoms with Crippen LogP contribution in [0.4, 0.5) is 5.69 Å². The molecule has 0 spiro atoms. The fourth-order valence-corrected chi connectivity index (χ4v) is 6.27. The number of nitrogens with zero attached hydrogens (tertiary/aromatic N) is 4. The van der Waals surface area contributed by atoms with Gasteiger partial charge in [0.1, 0.15) is 12.4 Å². The van der Waals surface area contributed by atoms with E-state index in [1.54, 1.807) is 7.11 Å². The van der Waals surface area contributed by atoms with E-state index in [4.69, 9.17) is 9.47 Å². The summed E-state index contributed by atoms with van der Waals surface area (Å²) in [6.45, 7) is 11.6. The number of piperidine rings is 1. The molecule has 2 atom stereocenters. The second kappa shape index (κ2) is 14.3. The summed E-state index contributed by atoms with van der Waals surface area (Å²) < 4.78 is 11.4. The zero-order valence-electron chi connectivity index (χ0n) is 24.0. The zero-order valence-corrected chi connectivity index (χ0v) is 24.0. The second-order valence-corrected chi connectivity index (χ2v) is 11.3. The van der Waals surface area contributed by atoms with Gasteiger partial charge in [0, 0.05) is 103 Å². The largest absolute Gasteiger partial charge is 0.489 e. The summed E-state index contributed by atoms with van der Waals surface area (Å²) in [5.74, 6) is 1.58. The number of benzene rings is 1. The quantitative estimate of drug-likeness (QED) is 0.499. The van der Waals surface area contributed by atoms with Crippen molar-refractivity contribution in [3.8, 4) is 5.75 Å². The number of anilines is 1. The fraction of sp³-hybridized carbons (Fsp3) is 0.667. The van der Waals surface area contributed by atoms with Gasteiger partial charge in [-0.15, -0.1) is 0 Å². The van der Waals surface area contributed by atoms with Crippen LogP contribution < -0.4 is 20.3 Å². The first-order valence-electron chi connectivity index (χ1n) is 15.0. The summed E-state index contributed by atoms with van der Waals surface area (Å²) in [7, 11) is 1.72. The Kier molecular flexibility index (Phi) is 10.3. The third kappa shape index (κ3) is 7.54. The molecule has 2 bridgehead atoms. The number of piperazine rings is 2. The Morgan fingerprint density at radius 3 is 2.65 bits per heavy atom. The van der Waals surface area contributed by atoms with E-state index in [9.17, 15) is 9.59 Å². The number of rotatable bonds is 6. The average Bonchev–Trinajstić information content (AvgIpc) is 3.00. The molecule has 0 unspecified atom stereocenters. The molecule has 10 nitrogen and oxygen atoms in total. The summed E-state index contributed by atoms with van der Waals surface area (Å²) in [5, 5.41) is 6.78. The number of fused-ring (bicyclic) bond motifs is 3. The molecular weight excluding hydrogens is 508 g/mol. The van der Waals surface area contributed by atoms with Crippen LogP contribution in [0, 0.1) is 11.8 Å². The van der Waals surface area contributed by atoms with Gasteiger partial charge in [-0.1, -0.05) is 12.2 Å². The van der Waals surface area contributed by atoms with Crippen LogP contribution in [0.3, 0.4) is 0 Å². The Balaban J connectivity index is 1.21. The monoisotopic (exact) mass is 554 g/mol. The highest BCUT2D eigenvalue weighted by Gasteiger charge is 2.33. The minimum Gasteiger partial charge on any atom is -0.489 e. The molecule has 10 heteroatoms. The first kappa shape index (κ1) is 28.9. The molecular formula is C30H46N6O4. The van der Waals surface area contributed by atoms with E-state index in [0.717, 1.165) is 83.2 Å². The number of amides is 2. The number of nitrogens with one attached hydrogen (secondary N) is 2. The van der Waals surface area contributed by atoms with E-state index in [1.165, 1.54) is 5.69 Å². The second-order valence-electron chi connectivity index (χ2n) is 11.3. The number of hydrogen-bond donors (Lipinski definition) is 2. The Morgan fingerprint density at radius 2 is 1.85 bits per heavy atom. The van der Waals surface area contributed by atoms with Crippen molar-refractivity contribution in [1.29, 1.82) is 0 Å². The van der Waals surface area contributed by atoms with Crippen molar-refractivity contribution < 1.29 is 19.1 Å². The molecule has 1 aromatic rings. The minimum atomic E-state index is 0.121. The van der Waals surface area contributed by atoms with Gasteiger partial charge in [-0.25, -0.2) is 0 Å². The van der Waals surface area contributed by atoms with E-state index in [0.29, 0.717) is 39.2 Å². The van der Waals surface area contributed by atoms with Gasteiger partial charge in [0.15, 0.2) is 0 Å².